The van der Waals surface area contributed by atoms with Gasteiger partial charge in [0.15, 0.2) is 0 Å². The number of H-pyrrole nitrogens is 1. The van der Waals surface area contributed by atoms with Gasteiger partial charge in [-0.2, -0.15) is 0 Å². The minimum absolute atomic E-state index is 0.166. The van der Waals surface area contributed by atoms with Gasteiger partial charge in [-0.05, 0) is 68.9 Å². The van der Waals surface area contributed by atoms with E-state index in [0.29, 0.717) is 23.5 Å². The lowest BCUT2D eigenvalue weighted by molar-refractivity contribution is 0.0844. The van der Waals surface area contributed by atoms with Gasteiger partial charge in [0, 0.05) is 35.8 Å². The summed E-state index contributed by atoms with van der Waals surface area (Å²) in [5.41, 5.74) is 5.60. The monoisotopic (exact) mass is 463 g/mol. The molecule has 0 aliphatic carbocycles. The fourth-order valence-electron chi connectivity index (χ4n) is 4.32. The number of hydrogen-bond acceptors (Lipinski definition) is 4. The third-order valence-electron chi connectivity index (χ3n) is 5.97. The van der Waals surface area contributed by atoms with E-state index in [1.165, 1.54) is 22.5 Å². The van der Waals surface area contributed by atoms with Crippen molar-refractivity contribution >= 4 is 22.8 Å². The summed E-state index contributed by atoms with van der Waals surface area (Å²) in [4.78, 5) is 31.3. The van der Waals surface area contributed by atoms with Gasteiger partial charge in [0.2, 0.25) is 0 Å². The van der Waals surface area contributed by atoms with Crippen LogP contribution >= 0.6 is 11.3 Å². The van der Waals surface area contributed by atoms with Crippen molar-refractivity contribution < 1.29 is 13.6 Å². The van der Waals surface area contributed by atoms with E-state index in [9.17, 15) is 18.4 Å². The average Bonchev–Trinajstić information content (AvgIpc) is 3.10. The molecule has 0 bridgehead atoms. The third kappa shape index (κ3) is 5.72. The summed E-state index contributed by atoms with van der Waals surface area (Å²) in [6, 6.07) is 3.78. The molecule has 0 spiro atoms. The zero-order valence-electron chi connectivity index (χ0n) is 19.1. The SMILES string of the molecule is CCC(=C1CCN(CC(F)F)CC1)c1sc(C(=O)NCc2c(C)cc(C)[nH]c2=O)cc1C. The van der Waals surface area contributed by atoms with Crippen molar-refractivity contribution in [2.24, 2.45) is 0 Å². The van der Waals surface area contributed by atoms with E-state index in [1.54, 1.807) is 0 Å². The molecule has 0 atom stereocenters. The fourth-order valence-corrected chi connectivity index (χ4v) is 5.58. The Balaban J connectivity index is 1.73. The van der Waals surface area contributed by atoms with Gasteiger partial charge in [0.25, 0.3) is 17.9 Å². The lowest BCUT2D eigenvalue weighted by Crippen LogP contribution is -2.34. The molecule has 0 radical (unpaired) electrons. The van der Waals surface area contributed by atoms with Gasteiger partial charge in [-0.15, -0.1) is 11.3 Å². The molecule has 0 saturated carbocycles. The maximum Gasteiger partial charge on any atom is 0.261 e. The number of nitrogens with zero attached hydrogens (tertiary/aromatic N) is 1. The lowest BCUT2D eigenvalue weighted by Gasteiger charge is -2.29. The number of carbonyl (C=O) groups is 1. The summed E-state index contributed by atoms with van der Waals surface area (Å²) < 4.78 is 25.3. The number of allylic oxidation sites excluding steroid dienone is 1. The van der Waals surface area contributed by atoms with Crippen LogP contribution in [0, 0.1) is 20.8 Å². The molecule has 0 aromatic carbocycles. The number of hydrogen-bond donors (Lipinski definition) is 2. The van der Waals surface area contributed by atoms with Gasteiger partial charge < -0.3 is 10.3 Å². The highest BCUT2D eigenvalue weighted by Crippen LogP contribution is 2.36. The largest absolute Gasteiger partial charge is 0.347 e. The van der Waals surface area contributed by atoms with Crippen LogP contribution in [0.25, 0.3) is 5.57 Å². The number of thiophene rings is 1. The van der Waals surface area contributed by atoms with Gasteiger partial charge in [-0.1, -0.05) is 12.5 Å². The Hall–Kier alpha value is -2.32. The Morgan fingerprint density at radius 3 is 2.47 bits per heavy atom. The van der Waals surface area contributed by atoms with Gasteiger partial charge in [0.05, 0.1) is 11.4 Å². The van der Waals surface area contributed by atoms with Gasteiger partial charge in [-0.3, -0.25) is 14.5 Å². The second-order valence-corrected chi connectivity index (χ2v) is 9.43. The standard InChI is InChI=1S/C24H31F2N3O2S/c1-5-18(17-6-8-29(9-7-17)13-21(25)26)22-15(3)11-20(32-22)24(31)27-12-19-14(2)10-16(4)28-23(19)30/h10-11,21H,5-9,12-13H2,1-4H3,(H,27,31)(H,28,30). The van der Waals surface area contributed by atoms with Crippen LogP contribution in [-0.2, 0) is 6.54 Å². The van der Waals surface area contributed by atoms with Crippen molar-refractivity contribution in [3.8, 4) is 0 Å². The van der Waals surface area contributed by atoms with Gasteiger partial charge >= 0.3 is 0 Å². The number of likely N-dealkylation sites (tertiary alicyclic amines) is 1. The molecule has 3 heterocycles. The summed E-state index contributed by atoms with van der Waals surface area (Å²) >= 11 is 1.46. The van der Waals surface area contributed by atoms with E-state index in [4.69, 9.17) is 0 Å². The number of pyridine rings is 1. The first kappa shape index (κ1) is 24.3. The number of aromatic nitrogens is 1. The number of nitrogens with one attached hydrogen (secondary N) is 2. The molecule has 2 aromatic heterocycles. The molecule has 2 aromatic rings. The van der Waals surface area contributed by atoms with Crippen molar-refractivity contribution in [3.63, 3.8) is 0 Å². The average molecular weight is 464 g/mol. The molecule has 174 valence electrons. The Bertz CT molecular complexity index is 1060. The van der Waals surface area contributed by atoms with Gasteiger partial charge in [0.1, 0.15) is 0 Å². The smallest absolute Gasteiger partial charge is 0.261 e. The van der Waals surface area contributed by atoms with E-state index in [2.05, 4.69) is 17.2 Å². The van der Waals surface area contributed by atoms with Crippen LogP contribution in [0.1, 0.15) is 63.1 Å². The minimum atomic E-state index is -2.30. The maximum atomic E-state index is 12.8. The van der Waals surface area contributed by atoms with E-state index >= 15 is 0 Å². The van der Waals surface area contributed by atoms with Crippen LogP contribution in [0.5, 0.6) is 0 Å². The summed E-state index contributed by atoms with van der Waals surface area (Å²) in [6.07, 6.45) is 0.102. The molecule has 1 aliphatic rings. The number of carbonyl (C=O) groups excluding carboxylic acids is 1. The topological polar surface area (TPSA) is 65.2 Å². The highest BCUT2D eigenvalue weighted by Gasteiger charge is 2.22. The Morgan fingerprint density at radius 1 is 1.19 bits per heavy atom. The van der Waals surface area contributed by atoms with Crippen molar-refractivity contribution in [1.29, 1.82) is 0 Å². The molecule has 1 amide bonds. The minimum Gasteiger partial charge on any atom is -0.347 e. The Kier molecular flexibility index (Phi) is 8.00. The van der Waals surface area contributed by atoms with Crippen LogP contribution in [0.2, 0.25) is 0 Å². The molecule has 2 N–H and O–H groups in total. The van der Waals surface area contributed by atoms with Crippen molar-refractivity contribution in [2.45, 2.75) is 59.9 Å². The first-order valence-electron chi connectivity index (χ1n) is 11.0. The summed E-state index contributed by atoms with van der Waals surface area (Å²) in [5.74, 6) is -0.198. The van der Waals surface area contributed by atoms with Crippen LogP contribution in [0.4, 0.5) is 8.78 Å². The number of aryl methyl sites for hydroxylation is 3. The first-order valence-corrected chi connectivity index (χ1v) is 11.8. The molecular formula is C24H31F2N3O2S. The predicted molar refractivity (Wildman–Crippen MR) is 126 cm³/mol. The number of aromatic amines is 1. The molecular weight excluding hydrogens is 432 g/mol. The second kappa shape index (κ2) is 10.5. The highest BCUT2D eigenvalue weighted by molar-refractivity contribution is 7.15. The Labute approximate surface area is 191 Å². The number of amides is 1. The number of piperidine rings is 1. The van der Waals surface area contributed by atoms with E-state index < -0.39 is 6.43 Å². The predicted octanol–water partition coefficient (Wildman–Crippen LogP) is 4.82. The van der Waals surface area contributed by atoms with E-state index in [0.717, 1.165) is 41.0 Å². The number of alkyl halides is 2. The van der Waals surface area contributed by atoms with Gasteiger partial charge in [-0.25, -0.2) is 8.78 Å². The fraction of sp³-hybridized carbons (Fsp3) is 0.500. The number of halogens is 2. The molecule has 0 unspecified atom stereocenters. The number of rotatable bonds is 7. The second-order valence-electron chi connectivity index (χ2n) is 8.38. The molecule has 1 saturated heterocycles. The zero-order chi connectivity index (χ0) is 23.4. The normalized spacial score (nSPS) is 14.8. The molecule has 5 nitrogen and oxygen atoms in total. The van der Waals surface area contributed by atoms with Crippen LogP contribution < -0.4 is 10.9 Å². The van der Waals surface area contributed by atoms with E-state index in [1.807, 2.05) is 37.8 Å². The zero-order valence-corrected chi connectivity index (χ0v) is 19.9. The van der Waals surface area contributed by atoms with Crippen molar-refractivity contribution in [3.05, 3.63) is 60.2 Å². The maximum absolute atomic E-state index is 12.8. The van der Waals surface area contributed by atoms with Crippen molar-refractivity contribution in [2.75, 3.05) is 19.6 Å². The molecule has 32 heavy (non-hydrogen) atoms. The lowest BCUT2D eigenvalue weighted by atomic mass is 9.94. The third-order valence-corrected chi connectivity index (χ3v) is 7.27. The van der Waals surface area contributed by atoms with Crippen LogP contribution in [-0.4, -0.2) is 41.9 Å². The van der Waals surface area contributed by atoms with Crippen LogP contribution in [0.15, 0.2) is 22.5 Å². The van der Waals surface area contributed by atoms with Crippen LogP contribution in [0.3, 0.4) is 0 Å². The Morgan fingerprint density at radius 2 is 1.88 bits per heavy atom. The quantitative estimate of drug-likeness (QED) is 0.619. The summed E-state index contributed by atoms with van der Waals surface area (Å²) in [5, 5.41) is 2.88. The molecule has 1 aliphatic heterocycles. The summed E-state index contributed by atoms with van der Waals surface area (Å²) in [7, 11) is 0. The molecule has 1 fully saturated rings. The molecule has 8 heteroatoms. The molecule has 3 rings (SSSR count). The highest BCUT2D eigenvalue weighted by atomic mass is 32.1. The van der Waals surface area contributed by atoms with E-state index in [-0.39, 0.29) is 24.6 Å². The van der Waals surface area contributed by atoms with Crippen molar-refractivity contribution in [1.82, 2.24) is 15.2 Å². The summed E-state index contributed by atoms with van der Waals surface area (Å²) in [6.45, 7) is 9.09. The first-order chi connectivity index (χ1) is 15.2.